The average Bonchev–Trinajstić information content (AvgIpc) is 3.06. The molecule has 0 saturated carbocycles. The molecule has 1 amide bonds. The first-order valence-corrected chi connectivity index (χ1v) is 12.0. The molecule has 3 aromatic rings. The van der Waals surface area contributed by atoms with E-state index in [4.69, 9.17) is 20.6 Å². The van der Waals surface area contributed by atoms with Gasteiger partial charge < -0.3 is 25.4 Å². The number of aliphatic imine (C=N–C) groups is 2. The SMILES string of the molecule is N=C(O/C(N)=N/C1N=C(c2ccccc2)c2ccccc2NC1=O)c1cccnc1N1C2COCC1C2. The Balaban J connectivity index is 1.28. The van der Waals surface area contributed by atoms with Gasteiger partial charge in [0, 0.05) is 17.3 Å². The number of amides is 1. The number of rotatable bonds is 4. The van der Waals surface area contributed by atoms with Gasteiger partial charge in [-0.05, 0) is 24.6 Å². The second-order valence-electron chi connectivity index (χ2n) is 9.01. The molecule has 4 heterocycles. The maximum Gasteiger partial charge on any atom is 0.291 e. The number of benzodiazepines with no additional fused rings is 1. The van der Waals surface area contributed by atoms with Gasteiger partial charge in [-0.25, -0.2) is 9.98 Å². The number of hydrogen-bond acceptors (Lipinski definition) is 8. The molecule has 2 fully saturated rings. The molecule has 2 bridgehead atoms. The lowest BCUT2D eigenvalue weighted by atomic mass is 9.91. The van der Waals surface area contributed by atoms with E-state index in [1.165, 1.54) is 0 Å². The maximum atomic E-state index is 13.0. The first-order chi connectivity index (χ1) is 18.1. The first kappa shape index (κ1) is 22.9. The molecule has 10 nitrogen and oxygen atoms in total. The molecule has 3 atom stereocenters. The second kappa shape index (κ2) is 9.47. The molecule has 2 saturated heterocycles. The number of amidine groups is 1. The van der Waals surface area contributed by atoms with E-state index >= 15 is 0 Å². The number of para-hydroxylation sites is 1. The fourth-order valence-electron chi connectivity index (χ4n) is 4.93. The van der Waals surface area contributed by atoms with Crippen LogP contribution in [0.15, 0.2) is 82.9 Å². The molecule has 1 aromatic heterocycles. The van der Waals surface area contributed by atoms with Gasteiger partial charge in [0.1, 0.15) is 5.82 Å². The van der Waals surface area contributed by atoms with Crippen LogP contribution in [-0.2, 0) is 14.3 Å². The summed E-state index contributed by atoms with van der Waals surface area (Å²) in [6.07, 6.45) is 1.52. The smallest absolute Gasteiger partial charge is 0.291 e. The number of nitrogens with two attached hydrogens (primary N) is 1. The zero-order chi connectivity index (χ0) is 25.4. The molecule has 37 heavy (non-hydrogen) atoms. The number of aromatic nitrogens is 1. The number of ether oxygens (including phenoxy) is 2. The van der Waals surface area contributed by atoms with Gasteiger partial charge in [0.2, 0.25) is 12.1 Å². The maximum absolute atomic E-state index is 13.0. The Morgan fingerprint density at radius 3 is 2.62 bits per heavy atom. The number of fused-ring (bicyclic) bond motifs is 3. The predicted molar refractivity (Wildman–Crippen MR) is 140 cm³/mol. The van der Waals surface area contributed by atoms with Crippen molar-refractivity contribution >= 4 is 35.0 Å². The highest BCUT2D eigenvalue weighted by atomic mass is 16.5. The van der Waals surface area contributed by atoms with E-state index in [0.29, 0.717) is 36.0 Å². The summed E-state index contributed by atoms with van der Waals surface area (Å²) < 4.78 is 11.2. The fourth-order valence-corrected chi connectivity index (χ4v) is 4.93. The summed E-state index contributed by atoms with van der Waals surface area (Å²) in [6, 6.07) is 20.6. The van der Waals surface area contributed by atoms with Gasteiger partial charge in [0.25, 0.3) is 11.9 Å². The lowest BCUT2D eigenvalue weighted by molar-refractivity contribution is -0.117. The first-order valence-electron chi connectivity index (χ1n) is 12.0. The van der Waals surface area contributed by atoms with Crippen molar-refractivity contribution in [3.63, 3.8) is 0 Å². The lowest BCUT2D eigenvalue weighted by Crippen LogP contribution is -2.64. The molecule has 0 radical (unpaired) electrons. The van der Waals surface area contributed by atoms with Crippen LogP contribution in [-0.4, -0.2) is 60.0 Å². The van der Waals surface area contributed by atoms with Crippen molar-refractivity contribution in [2.45, 2.75) is 24.7 Å². The quantitative estimate of drug-likeness (QED) is 0.376. The zero-order valence-corrected chi connectivity index (χ0v) is 19.9. The minimum absolute atomic E-state index is 0.208. The number of nitrogens with one attached hydrogen (secondary N) is 2. The van der Waals surface area contributed by atoms with Crippen molar-refractivity contribution in [2.24, 2.45) is 15.7 Å². The minimum atomic E-state index is -1.20. The molecule has 0 aliphatic carbocycles. The number of carbonyl (C=O) groups excluding carboxylic acids is 1. The average molecular weight is 496 g/mol. The molecule has 3 aliphatic heterocycles. The Morgan fingerprint density at radius 1 is 1.08 bits per heavy atom. The van der Waals surface area contributed by atoms with Gasteiger partial charge >= 0.3 is 0 Å². The molecule has 3 aliphatic rings. The number of pyridine rings is 1. The highest BCUT2D eigenvalue weighted by Crippen LogP contribution is 2.36. The standard InChI is InChI=1S/C27H25N7O3/c28-23(20-10-6-12-30-25(20)34-17-13-18(34)15-36-14-17)37-27(29)33-24-26(35)31-21-11-5-4-9-19(21)22(32-24)16-7-2-1-3-8-16/h1-12,17-18,24,28H,13-15H2,(H2,29,33)(H,31,35). The molecule has 0 spiro atoms. The largest absolute Gasteiger partial charge is 0.407 e. The predicted octanol–water partition coefficient (Wildman–Crippen LogP) is 2.53. The third-order valence-corrected chi connectivity index (χ3v) is 6.66. The van der Waals surface area contributed by atoms with Gasteiger partial charge in [-0.3, -0.25) is 10.2 Å². The molecule has 3 unspecified atom stereocenters. The molecule has 6 rings (SSSR count). The summed E-state index contributed by atoms with van der Waals surface area (Å²) in [6.45, 7) is 1.26. The van der Waals surface area contributed by atoms with Crippen LogP contribution in [0, 0.1) is 5.41 Å². The van der Waals surface area contributed by atoms with Gasteiger partial charge in [-0.15, -0.1) is 0 Å². The Morgan fingerprint density at radius 2 is 1.84 bits per heavy atom. The summed E-state index contributed by atoms with van der Waals surface area (Å²) in [5.41, 5.74) is 9.43. The summed E-state index contributed by atoms with van der Waals surface area (Å²) in [5.74, 6) is -0.0105. The van der Waals surface area contributed by atoms with Crippen LogP contribution in [0.5, 0.6) is 0 Å². The van der Waals surface area contributed by atoms with Gasteiger partial charge in [-0.2, -0.15) is 4.99 Å². The summed E-state index contributed by atoms with van der Waals surface area (Å²) in [4.78, 5) is 28.6. The van der Waals surface area contributed by atoms with Crippen LogP contribution in [0.1, 0.15) is 23.1 Å². The van der Waals surface area contributed by atoms with Crippen molar-refractivity contribution in [3.8, 4) is 0 Å². The highest BCUT2D eigenvalue weighted by molar-refractivity contribution is 6.19. The molecule has 10 heteroatoms. The number of nitrogens with zero attached hydrogens (tertiary/aromatic N) is 4. The summed E-state index contributed by atoms with van der Waals surface area (Å²) in [5, 5.41) is 11.4. The van der Waals surface area contributed by atoms with Crippen molar-refractivity contribution in [3.05, 3.63) is 89.6 Å². The van der Waals surface area contributed by atoms with Crippen LogP contribution >= 0.6 is 0 Å². The van der Waals surface area contributed by atoms with E-state index in [-0.39, 0.29) is 24.0 Å². The Bertz CT molecular complexity index is 1410. The second-order valence-corrected chi connectivity index (χ2v) is 9.01. The Hall–Kier alpha value is -4.57. The van der Waals surface area contributed by atoms with Crippen LogP contribution in [0.3, 0.4) is 0 Å². The Kier molecular flexibility index (Phi) is 5.85. The van der Waals surface area contributed by atoms with Crippen LogP contribution in [0.4, 0.5) is 11.5 Å². The van der Waals surface area contributed by atoms with E-state index in [9.17, 15) is 4.79 Å². The molecule has 4 N–H and O–H groups in total. The number of anilines is 2. The van der Waals surface area contributed by atoms with E-state index in [0.717, 1.165) is 17.5 Å². The molecular formula is C27H25N7O3. The van der Waals surface area contributed by atoms with E-state index in [1.807, 2.05) is 54.6 Å². The Labute approximate surface area is 213 Å². The topological polar surface area (TPSA) is 138 Å². The number of benzene rings is 2. The minimum Gasteiger partial charge on any atom is -0.407 e. The normalized spacial score (nSPS) is 22.6. The lowest BCUT2D eigenvalue weighted by Gasteiger charge is -2.53. The number of morpholine rings is 1. The van der Waals surface area contributed by atoms with E-state index in [2.05, 4.69) is 25.2 Å². The van der Waals surface area contributed by atoms with Gasteiger partial charge in [0.05, 0.1) is 42.3 Å². The van der Waals surface area contributed by atoms with Gasteiger partial charge in [0.15, 0.2) is 0 Å². The van der Waals surface area contributed by atoms with Crippen molar-refractivity contribution < 1.29 is 14.3 Å². The zero-order valence-electron chi connectivity index (χ0n) is 19.9. The summed E-state index contributed by atoms with van der Waals surface area (Å²) >= 11 is 0. The monoisotopic (exact) mass is 495 g/mol. The molecule has 2 aromatic carbocycles. The number of carbonyl (C=O) groups is 1. The van der Waals surface area contributed by atoms with Crippen LogP contribution in [0.2, 0.25) is 0 Å². The number of hydrogen-bond donors (Lipinski definition) is 3. The van der Waals surface area contributed by atoms with E-state index < -0.39 is 12.1 Å². The third kappa shape index (κ3) is 4.31. The van der Waals surface area contributed by atoms with Crippen molar-refractivity contribution in [1.82, 2.24) is 4.98 Å². The van der Waals surface area contributed by atoms with Crippen molar-refractivity contribution in [1.29, 1.82) is 5.41 Å². The van der Waals surface area contributed by atoms with Gasteiger partial charge in [-0.1, -0.05) is 48.5 Å². The van der Waals surface area contributed by atoms with Crippen molar-refractivity contribution in [2.75, 3.05) is 23.4 Å². The van der Waals surface area contributed by atoms with Crippen LogP contribution in [0.25, 0.3) is 0 Å². The molecular weight excluding hydrogens is 470 g/mol. The fraction of sp³-hybridized carbons (Fsp3) is 0.222. The summed E-state index contributed by atoms with van der Waals surface area (Å²) in [7, 11) is 0. The molecule has 186 valence electrons. The van der Waals surface area contributed by atoms with Crippen LogP contribution < -0.4 is 16.0 Å². The third-order valence-electron chi connectivity index (χ3n) is 6.66. The van der Waals surface area contributed by atoms with E-state index in [1.54, 1.807) is 18.3 Å². The highest BCUT2D eigenvalue weighted by Gasteiger charge is 2.44.